The predicted molar refractivity (Wildman–Crippen MR) is 155 cm³/mol. The van der Waals surface area contributed by atoms with Crippen LogP contribution in [0.3, 0.4) is 0 Å². The number of nitrogens with one attached hydrogen (secondary N) is 1. The number of hydrogen-bond acceptors (Lipinski definition) is 5. The number of carbonyl (C=O) groups is 1. The molecule has 0 spiro atoms. The van der Waals surface area contributed by atoms with Gasteiger partial charge in [-0.25, -0.2) is 8.93 Å². The number of fused-ring (bicyclic) bond motifs is 3. The zero-order valence-corrected chi connectivity index (χ0v) is 23.9. The molecule has 210 valence electrons. The normalized spacial score (nSPS) is 30.8. The average molecular weight is 574 g/mol. The number of aryl methyl sites for hydroxylation is 1. The highest BCUT2D eigenvalue weighted by molar-refractivity contribution is 7.90. The van der Waals surface area contributed by atoms with E-state index in [1.807, 2.05) is 37.3 Å². The molecule has 0 aromatic heterocycles. The van der Waals surface area contributed by atoms with Gasteiger partial charge in [-0.1, -0.05) is 36.7 Å². The van der Waals surface area contributed by atoms with Crippen molar-refractivity contribution in [3.63, 3.8) is 0 Å². The Balaban J connectivity index is 1.52. The number of nitrogens with zero attached hydrogens (tertiary/aromatic N) is 1. The van der Waals surface area contributed by atoms with Gasteiger partial charge in [-0.05, 0) is 97.7 Å². The van der Waals surface area contributed by atoms with Gasteiger partial charge in [-0.15, -0.1) is 0 Å². The number of hydrogen-bond donors (Lipinski definition) is 2. The second kappa shape index (κ2) is 11.9. The second-order valence-electron chi connectivity index (χ2n) is 11.3. The van der Waals surface area contributed by atoms with Crippen molar-refractivity contribution in [2.24, 2.45) is 17.8 Å². The first-order valence-corrected chi connectivity index (χ1v) is 15.9. The second-order valence-corrected chi connectivity index (χ2v) is 13.5. The number of benzene rings is 2. The van der Waals surface area contributed by atoms with E-state index in [4.69, 9.17) is 16.3 Å². The molecule has 2 aromatic carbocycles. The molecule has 39 heavy (non-hydrogen) atoms. The Kier molecular flexibility index (Phi) is 8.55. The van der Waals surface area contributed by atoms with E-state index < -0.39 is 22.0 Å². The fourth-order valence-corrected chi connectivity index (χ4v) is 7.52. The first-order valence-electron chi connectivity index (χ1n) is 13.9. The largest absolute Gasteiger partial charge is 0.487 e. The lowest BCUT2D eigenvalue weighted by atomic mass is 9.70. The van der Waals surface area contributed by atoms with Crippen LogP contribution in [-0.2, 0) is 23.1 Å². The summed E-state index contributed by atoms with van der Waals surface area (Å²) in [6.45, 7) is 3.75. The molecular formula is C30H38ClN2O5S+. The lowest BCUT2D eigenvalue weighted by Crippen LogP contribution is -2.43. The molecule has 1 aliphatic carbocycles. The first kappa shape index (κ1) is 28.0. The van der Waals surface area contributed by atoms with Gasteiger partial charge in [0, 0.05) is 23.7 Å². The van der Waals surface area contributed by atoms with Crippen LogP contribution in [0.15, 0.2) is 48.6 Å². The molecule has 2 heterocycles. The fraction of sp³-hybridized carbons (Fsp3) is 0.500. The smallest absolute Gasteiger partial charge is 0.368 e. The molecule has 2 aromatic rings. The quantitative estimate of drug-likeness (QED) is 0.331. The molecule has 2 aliphatic heterocycles. The zero-order valence-electron chi connectivity index (χ0n) is 22.4. The van der Waals surface area contributed by atoms with Crippen LogP contribution in [-0.4, -0.2) is 44.4 Å². The van der Waals surface area contributed by atoms with Crippen molar-refractivity contribution in [3.05, 3.63) is 70.3 Å². The molecule has 1 amide bonds. The Morgan fingerprint density at radius 3 is 2.79 bits per heavy atom. The van der Waals surface area contributed by atoms with Crippen molar-refractivity contribution in [3.8, 4) is 5.75 Å². The van der Waals surface area contributed by atoms with E-state index in [9.17, 15) is 18.3 Å². The van der Waals surface area contributed by atoms with Crippen molar-refractivity contribution in [1.29, 1.82) is 0 Å². The Morgan fingerprint density at radius 2 is 2.00 bits per heavy atom. The monoisotopic (exact) mass is 573 g/mol. The van der Waals surface area contributed by atoms with Gasteiger partial charge in [-0.2, -0.15) is 4.21 Å². The third kappa shape index (κ3) is 6.79. The van der Waals surface area contributed by atoms with Crippen LogP contribution >= 0.6 is 11.6 Å². The Labute approximate surface area is 236 Å². The highest BCUT2D eigenvalue weighted by atomic mass is 35.5. The molecule has 2 bridgehead atoms. The molecular weight excluding hydrogens is 536 g/mol. The lowest BCUT2D eigenvalue weighted by molar-refractivity contribution is 0.0461. The van der Waals surface area contributed by atoms with Gasteiger partial charge in [0.2, 0.25) is 0 Å². The molecule has 0 saturated heterocycles. The molecule has 5 rings (SSSR count). The number of aliphatic hydroxyl groups is 1. The van der Waals surface area contributed by atoms with Gasteiger partial charge < -0.3 is 14.7 Å². The third-order valence-electron chi connectivity index (χ3n) is 8.24. The van der Waals surface area contributed by atoms with Crippen molar-refractivity contribution in [1.82, 2.24) is 4.72 Å². The standard InChI is InChI=1S/C30H37ClN2O5S/c1-20-5-4-7-28(34)26-12-9-23(26)17-33-14-3-2-6-21-15-25(31)11-8-24(21)18-38-29-13-10-22(16-27(29)33)30(35)32-39(36,37)19-20/h4,7-8,10-11,13,15-16,20,23,26,28,34H,2-3,5-6,9,12,14,17-19H2,1H3,(H,32,35,36,37)/p+1/b7-4+/t20-,23+,26-,28+/m1/s1. The summed E-state index contributed by atoms with van der Waals surface area (Å²) in [5.41, 5.74) is 3.37. The molecule has 5 atom stereocenters. The molecule has 1 unspecified atom stereocenters. The predicted octanol–water partition coefficient (Wildman–Crippen LogP) is 5.26. The number of aliphatic hydroxyl groups excluding tert-OH is 1. The maximum Gasteiger partial charge on any atom is 0.368 e. The van der Waals surface area contributed by atoms with E-state index in [0.717, 1.165) is 56.4 Å². The minimum absolute atomic E-state index is 0.0607. The molecule has 1 fully saturated rings. The summed E-state index contributed by atoms with van der Waals surface area (Å²) in [6.07, 6.45) is 8.55. The minimum atomic E-state index is -3.58. The fourth-order valence-electron chi connectivity index (χ4n) is 5.93. The summed E-state index contributed by atoms with van der Waals surface area (Å²) >= 11 is 6.29. The van der Waals surface area contributed by atoms with Crippen molar-refractivity contribution < 1.29 is 23.1 Å². The van der Waals surface area contributed by atoms with E-state index >= 15 is 0 Å². The average Bonchev–Trinajstić information content (AvgIpc) is 2.88. The van der Waals surface area contributed by atoms with Crippen LogP contribution < -0.4 is 14.4 Å². The van der Waals surface area contributed by atoms with E-state index in [1.54, 1.807) is 18.2 Å². The number of allylic oxidation sites excluding steroid dienone is 1. The van der Waals surface area contributed by atoms with Crippen LogP contribution in [0.2, 0.25) is 5.02 Å². The topological polar surface area (TPSA) is 100 Å². The van der Waals surface area contributed by atoms with Gasteiger partial charge in [0.1, 0.15) is 18.1 Å². The van der Waals surface area contributed by atoms with Gasteiger partial charge in [0.25, 0.3) is 5.91 Å². The maximum absolute atomic E-state index is 13.1. The summed E-state index contributed by atoms with van der Waals surface area (Å²) in [7, 11) is -3.58. The number of rotatable bonds is 0. The maximum atomic E-state index is 13.1. The zero-order chi connectivity index (χ0) is 27.6. The molecule has 3 aliphatic rings. The van der Waals surface area contributed by atoms with Crippen LogP contribution in [0.25, 0.3) is 0 Å². The van der Waals surface area contributed by atoms with Crippen LogP contribution in [0.4, 0.5) is 5.69 Å². The Hall–Kier alpha value is -2.55. The number of anilines is 1. The summed E-state index contributed by atoms with van der Waals surface area (Å²) in [4.78, 5) is 15.4. The highest BCUT2D eigenvalue weighted by Crippen LogP contribution is 2.41. The van der Waals surface area contributed by atoms with Gasteiger partial charge >= 0.3 is 10.0 Å². The van der Waals surface area contributed by atoms with Crippen molar-refractivity contribution in [2.45, 2.75) is 58.2 Å². The van der Waals surface area contributed by atoms with Crippen molar-refractivity contribution >= 4 is 33.2 Å². The summed E-state index contributed by atoms with van der Waals surface area (Å²) in [5, 5.41) is 11.7. The number of halogens is 1. The SMILES string of the molecule is C[C@@H]1C/C=C/[C@H](O)[C@@H]2CC[C@H]2CN2CCCCc3cc(Cl)ccc3COc3ccc(cc32)C(=O)NS(=O)(=[OH+])C1. The summed E-state index contributed by atoms with van der Waals surface area (Å²) < 4.78 is 32.1. The molecule has 9 heteroatoms. The minimum Gasteiger partial charge on any atom is -0.487 e. The van der Waals surface area contributed by atoms with Crippen LogP contribution in [0.5, 0.6) is 5.75 Å². The van der Waals surface area contributed by atoms with E-state index in [0.29, 0.717) is 35.3 Å². The first-order chi connectivity index (χ1) is 18.7. The van der Waals surface area contributed by atoms with Gasteiger partial charge in [0.15, 0.2) is 0 Å². The van der Waals surface area contributed by atoms with E-state index in [-0.39, 0.29) is 17.6 Å². The van der Waals surface area contributed by atoms with Crippen molar-refractivity contribution in [2.75, 3.05) is 23.7 Å². The molecule has 7 nitrogen and oxygen atoms in total. The summed E-state index contributed by atoms with van der Waals surface area (Å²) in [5.74, 6) is 0.362. The van der Waals surface area contributed by atoms with E-state index in [1.165, 1.54) is 5.56 Å². The van der Waals surface area contributed by atoms with Gasteiger partial charge in [0.05, 0.1) is 11.8 Å². The Morgan fingerprint density at radius 1 is 1.15 bits per heavy atom. The lowest BCUT2D eigenvalue weighted by Gasteiger charge is -2.42. The molecule has 3 N–H and O–H groups in total. The Bertz CT molecular complexity index is 1340. The number of amides is 1. The van der Waals surface area contributed by atoms with E-state index in [2.05, 4.69) is 9.62 Å². The summed E-state index contributed by atoms with van der Waals surface area (Å²) in [6, 6.07) is 11.1. The van der Waals surface area contributed by atoms with Crippen LogP contribution in [0.1, 0.15) is 60.5 Å². The number of ether oxygens (including phenoxy) is 1. The molecule has 0 radical (unpaired) electrons. The third-order valence-corrected chi connectivity index (χ3v) is 10.0. The molecule has 1 saturated carbocycles. The highest BCUT2D eigenvalue weighted by Gasteiger charge is 2.37. The van der Waals surface area contributed by atoms with Gasteiger partial charge in [-0.3, -0.25) is 4.79 Å². The van der Waals surface area contributed by atoms with Crippen LogP contribution in [0, 0.1) is 17.8 Å². The number of carbonyl (C=O) groups excluding carboxylic acids is 1.